The average molecular weight is 300 g/mol. The van der Waals surface area contributed by atoms with E-state index in [0.717, 1.165) is 37.8 Å². The third kappa shape index (κ3) is 2.40. The van der Waals surface area contributed by atoms with E-state index in [9.17, 15) is 0 Å². The highest BCUT2D eigenvalue weighted by Crippen LogP contribution is 2.45. The van der Waals surface area contributed by atoms with Crippen molar-refractivity contribution in [1.29, 1.82) is 0 Å². The van der Waals surface area contributed by atoms with E-state index in [-0.39, 0.29) is 11.6 Å². The number of nitrogens with two attached hydrogens (primary N) is 1. The number of rotatable bonds is 4. The van der Waals surface area contributed by atoms with E-state index in [1.807, 2.05) is 6.07 Å². The molecule has 0 aromatic carbocycles. The molecule has 2 aliphatic carbocycles. The van der Waals surface area contributed by atoms with Crippen molar-refractivity contribution >= 4 is 5.95 Å². The molecular formula is C15H20N6O. The predicted molar refractivity (Wildman–Crippen MR) is 80.4 cm³/mol. The Hall–Kier alpha value is -2.18. The molecule has 116 valence electrons. The number of hydrogen-bond donors (Lipinski definition) is 1. The molecule has 2 N–H and O–H groups in total. The van der Waals surface area contributed by atoms with E-state index in [2.05, 4.69) is 31.7 Å². The molecule has 2 atom stereocenters. The molecule has 7 nitrogen and oxygen atoms in total. The minimum absolute atomic E-state index is 0.151. The van der Waals surface area contributed by atoms with Crippen LogP contribution in [0, 0.1) is 0 Å². The van der Waals surface area contributed by atoms with Crippen molar-refractivity contribution in [2.45, 2.75) is 56.6 Å². The van der Waals surface area contributed by atoms with Gasteiger partial charge in [0.1, 0.15) is 12.4 Å². The molecule has 7 heteroatoms. The summed E-state index contributed by atoms with van der Waals surface area (Å²) < 4.78 is 8.18. The molecule has 2 aliphatic rings. The van der Waals surface area contributed by atoms with Gasteiger partial charge in [0.15, 0.2) is 0 Å². The van der Waals surface area contributed by atoms with Crippen molar-refractivity contribution in [2.75, 3.05) is 5.73 Å². The molecule has 0 saturated heterocycles. The largest absolute Gasteiger partial charge is 0.460 e. The molecule has 0 unspecified atom stereocenters. The second-order valence-electron chi connectivity index (χ2n) is 6.57. The highest BCUT2D eigenvalue weighted by Gasteiger charge is 2.42. The monoisotopic (exact) mass is 300 g/mol. The lowest BCUT2D eigenvalue weighted by atomic mass is 10.0. The van der Waals surface area contributed by atoms with Gasteiger partial charge in [0.05, 0.1) is 0 Å². The van der Waals surface area contributed by atoms with E-state index in [4.69, 9.17) is 10.5 Å². The first-order valence-corrected chi connectivity index (χ1v) is 7.80. The fourth-order valence-electron chi connectivity index (χ4n) is 3.18. The summed E-state index contributed by atoms with van der Waals surface area (Å²) in [5, 5.41) is 8.15. The van der Waals surface area contributed by atoms with E-state index in [1.54, 1.807) is 12.5 Å². The van der Waals surface area contributed by atoms with E-state index in [0.29, 0.717) is 17.9 Å². The maximum absolute atomic E-state index is 6.11. The maximum atomic E-state index is 6.11. The highest BCUT2D eigenvalue weighted by atomic mass is 16.5. The van der Waals surface area contributed by atoms with Gasteiger partial charge in [-0.25, -0.2) is 9.97 Å². The SMILES string of the molecule is CC1(n2cnnc2O[C@H]2CC[C@@H](c3ccnc(N)n3)C2)CC1. The molecule has 4 rings (SSSR count). The molecule has 0 bridgehead atoms. The fraction of sp³-hybridized carbons (Fsp3) is 0.600. The third-order valence-corrected chi connectivity index (χ3v) is 4.84. The first kappa shape index (κ1) is 13.5. The molecule has 2 saturated carbocycles. The number of ether oxygens (including phenoxy) is 1. The smallest absolute Gasteiger partial charge is 0.317 e. The van der Waals surface area contributed by atoms with Crippen LogP contribution in [0.2, 0.25) is 0 Å². The first-order chi connectivity index (χ1) is 10.6. The van der Waals surface area contributed by atoms with Gasteiger partial charge in [-0.2, -0.15) is 0 Å². The van der Waals surface area contributed by atoms with Gasteiger partial charge in [-0.15, -0.1) is 5.10 Å². The Bertz CT molecular complexity index is 680. The molecule has 2 aromatic heterocycles. The summed E-state index contributed by atoms with van der Waals surface area (Å²) in [6.07, 6.45) is 8.96. The average Bonchev–Trinajstić information content (AvgIpc) is 2.94. The van der Waals surface area contributed by atoms with Crippen LogP contribution in [0.4, 0.5) is 5.95 Å². The summed E-state index contributed by atoms with van der Waals surface area (Å²) in [5.74, 6) is 0.714. The Kier molecular flexibility index (Phi) is 3.02. The zero-order chi connectivity index (χ0) is 15.2. The molecule has 0 aliphatic heterocycles. The summed E-state index contributed by atoms with van der Waals surface area (Å²) in [7, 11) is 0. The molecule has 0 spiro atoms. The Morgan fingerprint density at radius 1 is 1.36 bits per heavy atom. The molecule has 0 radical (unpaired) electrons. The first-order valence-electron chi connectivity index (χ1n) is 7.80. The van der Waals surface area contributed by atoms with Crippen molar-refractivity contribution in [2.24, 2.45) is 0 Å². The lowest BCUT2D eigenvalue weighted by Crippen LogP contribution is -2.19. The minimum Gasteiger partial charge on any atom is -0.460 e. The topological polar surface area (TPSA) is 91.7 Å². The zero-order valence-electron chi connectivity index (χ0n) is 12.6. The lowest BCUT2D eigenvalue weighted by molar-refractivity contribution is 0.175. The van der Waals surface area contributed by atoms with Crippen molar-refractivity contribution in [3.63, 3.8) is 0 Å². The number of nitrogen functional groups attached to an aromatic ring is 1. The van der Waals surface area contributed by atoms with Gasteiger partial charge in [0.25, 0.3) is 0 Å². The molecule has 22 heavy (non-hydrogen) atoms. The van der Waals surface area contributed by atoms with E-state index >= 15 is 0 Å². The van der Waals surface area contributed by atoms with E-state index in [1.165, 1.54) is 0 Å². The van der Waals surface area contributed by atoms with Crippen LogP contribution in [0.25, 0.3) is 0 Å². The molecule has 2 heterocycles. The normalized spacial score (nSPS) is 26.0. The lowest BCUT2D eigenvalue weighted by Gasteiger charge is -2.17. The molecular weight excluding hydrogens is 280 g/mol. The second kappa shape index (κ2) is 4.93. The van der Waals surface area contributed by atoms with Gasteiger partial charge < -0.3 is 10.5 Å². The Labute approximate surface area is 128 Å². The standard InChI is InChI=1S/C15H20N6O/c1-15(5-6-15)21-9-18-20-14(21)22-11-3-2-10(8-11)12-4-7-17-13(16)19-12/h4,7,9-11H,2-3,5-6,8H2,1H3,(H2,16,17,19)/t10-,11+/m1/s1. The summed E-state index contributed by atoms with van der Waals surface area (Å²) in [6, 6.07) is 2.59. The van der Waals surface area contributed by atoms with Gasteiger partial charge in [-0.05, 0) is 45.1 Å². The van der Waals surface area contributed by atoms with Crippen LogP contribution in [-0.4, -0.2) is 30.8 Å². The second-order valence-corrected chi connectivity index (χ2v) is 6.57. The summed E-state index contributed by atoms with van der Waals surface area (Å²) in [5.41, 5.74) is 6.83. The van der Waals surface area contributed by atoms with Gasteiger partial charge in [0.2, 0.25) is 5.95 Å². The van der Waals surface area contributed by atoms with Gasteiger partial charge in [-0.3, -0.25) is 4.57 Å². The minimum atomic E-state index is 0.151. The van der Waals surface area contributed by atoms with Crippen LogP contribution in [0.15, 0.2) is 18.6 Å². The Morgan fingerprint density at radius 3 is 3.00 bits per heavy atom. The zero-order valence-corrected chi connectivity index (χ0v) is 12.6. The summed E-state index contributed by atoms with van der Waals surface area (Å²) >= 11 is 0. The van der Waals surface area contributed by atoms with Crippen LogP contribution in [-0.2, 0) is 5.54 Å². The predicted octanol–water partition coefficient (Wildman–Crippen LogP) is 1.87. The maximum Gasteiger partial charge on any atom is 0.317 e. The molecule has 0 amide bonds. The number of anilines is 1. The van der Waals surface area contributed by atoms with E-state index < -0.39 is 0 Å². The highest BCUT2D eigenvalue weighted by molar-refractivity contribution is 5.20. The Balaban J connectivity index is 1.44. The van der Waals surface area contributed by atoms with Gasteiger partial charge in [-0.1, -0.05) is 5.10 Å². The van der Waals surface area contributed by atoms with Gasteiger partial charge >= 0.3 is 6.01 Å². The van der Waals surface area contributed by atoms with Crippen LogP contribution in [0.1, 0.15) is 50.6 Å². The third-order valence-electron chi connectivity index (χ3n) is 4.84. The van der Waals surface area contributed by atoms with Crippen molar-refractivity contribution in [1.82, 2.24) is 24.7 Å². The molecule has 2 fully saturated rings. The number of nitrogens with zero attached hydrogens (tertiary/aromatic N) is 5. The summed E-state index contributed by atoms with van der Waals surface area (Å²) in [4.78, 5) is 8.28. The molecule has 2 aromatic rings. The number of hydrogen-bond acceptors (Lipinski definition) is 6. The van der Waals surface area contributed by atoms with Gasteiger partial charge in [0, 0.05) is 23.3 Å². The van der Waals surface area contributed by atoms with Crippen LogP contribution in [0.5, 0.6) is 6.01 Å². The number of aromatic nitrogens is 5. The van der Waals surface area contributed by atoms with Crippen LogP contribution in [0.3, 0.4) is 0 Å². The van der Waals surface area contributed by atoms with Crippen LogP contribution < -0.4 is 10.5 Å². The quantitative estimate of drug-likeness (QED) is 0.926. The van der Waals surface area contributed by atoms with Crippen molar-refractivity contribution in [3.8, 4) is 6.01 Å². The summed E-state index contributed by atoms with van der Waals surface area (Å²) in [6.45, 7) is 2.21. The Morgan fingerprint density at radius 2 is 2.23 bits per heavy atom. The van der Waals surface area contributed by atoms with Crippen LogP contribution >= 0.6 is 0 Å². The van der Waals surface area contributed by atoms with Crippen molar-refractivity contribution < 1.29 is 4.74 Å². The van der Waals surface area contributed by atoms with Crippen molar-refractivity contribution in [3.05, 3.63) is 24.3 Å². The fourth-order valence-corrected chi connectivity index (χ4v) is 3.18.